The molecule has 3 nitrogen and oxygen atoms in total. The molecule has 1 aliphatic heterocycles. The molecule has 0 aliphatic carbocycles. The second-order valence-electron chi connectivity index (χ2n) is 5.51. The van der Waals surface area contributed by atoms with Gasteiger partial charge in [-0.1, -0.05) is 24.4 Å². The lowest BCUT2D eigenvalue weighted by Crippen LogP contribution is -2.36. The van der Waals surface area contributed by atoms with Gasteiger partial charge in [-0.3, -0.25) is 0 Å². The first kappa shape index (κ1) is 14.3. The van der Waals surface area contributed by atoms with E-state index in [1.54, 1.807) is 0 Å². The Morgan fingerprint density at radius 2 is 2.00 bits per heavy atom. The third-order valence-corrected chi connectivity index (χ3v) is 4.17. The van der Waals surface area contributed by atoms with Gasteiger partial charge in [0.2, 0.25) is 0 Å². The van der Waals surface area contributed by atoms with E-state index < -0.39 is 0 Å². The summed E-state index contributed by atoms with van der Waals surface area (Å²) in [5, 5.41) is 0. The van der Waals surface area contributed by atoms with E-state index in [0.717, 1.165) is 23.7 Å². The van der Waals surface area contributed by atoms with Crippen molar-refractivity contribution in [1.29, 1.82) is 0 Å². The summed E-state index contributed by atoms with van der Waals surface area (Å²) in [6.45, 7) is 3.48. The molecule has 19 heavy (non-hydrogen) atoms. The largest absolute Gasteiger partial charge is 0.389 e. The molecule has 2 rings (SSSR count). The third kappa shape index (κ3) is 3.67. The molecular formula is C15H23N3S. The summed E-state index contributed by atoms with van der Waals surface area (Å²) in [6, 6.07) is 8.13. The number of hydrogen-bond acceptors (Lipinski definition) is 3. The molecule has 0 atom stereocenters. The summed E-state index contributed by atoms with van der Waals surface area (Å²) in [5.74, 6) is 0.764. The first-order chi connectivity index (χ1) is 9.08. The molecule has 0 spiro atoms. The monoisotopic (exact) mass is 277 g/mol. The van der Waals surface area contributed by atoms with Crippen LogP contribution in [0.25, 0.3) is 0 Å². The highest BCUT2D eigenvalue weighted by Crippen LogP contribution is 2.23. The molecule has 104 valence electrons. The highest BCUT2D eigenvalue weighted by molar-refractivity contribution is 7.80. The number of para-hydroxylation sites is 1. The van der Waals surface area contributed by atoms with Crippen molar-refractivity contribution in [3.63, 3.8) is 0 Å². The molecule has 1 fully saturated rings. The van der Waals surface area contributed by atoms with Crippen molar-refractivity contribution in [2.24, 2.45) is 11.7 Å². The van der Waals surface area contributed by atoms with E-state index in [4.69, 9.17) is 18.0 Å². The maximum atomic E-state index is 5.80. The Morgan fingerprint density at radius 1 is 1.37 bits per heavy atom. The van der Waals surface area contributed by atoms with E-state index in [-0.39, 0.29) is 0 Å². The van der Waals surface area contributed by atoms with Crippen LogP contribution < -0.4 is 10.6 Å². The van der Waals surface area contributed by atoms with E-state index in [0.29, 0.717) is 4.99 Å². The van der Waals surface area contributed by atoms with Crippen molar-refractivity contribution < 1.29 is 0 Å². The molecule has 1 aliphatic rings. The normalized spacial score (nSPS) is 17.4. The third-order valence-electron chi connectivity index (χ3n) is 3.95. The fourth-order valence-corrected chi connectivity index (χ4v) is 2.92. The number of anilines is 1. The Labute approximate surface area is 121 Å². The number of thiocarbonyl (C=S) groups is 1. The van der Waals surface area contributed by atoms with E-state index in [1.165, 1.54) is 25.9 Å². The van der Waals surface area contributed by atoms with E-state index in [1.807, 2.05) is 18.2 Å². The number of nitrogens with two attached hydrogens (primary N) is 1. The van der Waals surface area contributed by atoms with Crippen molar-refractivity contribution in [3.8, 4) is 0 Å². The standard InChI is InChI=1S/C15H23N3S/c1-17-9-7-12(8-10-17)11-18(2)14-6-4-3-5-13(14)15(16)19/h3-6,12H,7-11H2,1-2H3,(H2,16,19). The molecule has 0 amide bonds. The van der Waals surface area contributed by atoms with Crippen LogP contribution in [0, 0.1) is 5.92 Å². The second kappa shape index (κ2) is 6.35. The average Bonchev–Trinajstić information content (AvgIpc) is 2.41. The number of piperidine rings is 1. The van der Waals surface area contributed by atoms with Crippen LogP contribution >= 0.6 is 12.2 Å². The Bertz CT molecular complexity index is 439. The molecule has 0 unspecified atom stereocenters. The van der Waals surface area contributed by atoms with Gasteiger partial charge in [-0.05, 0) is 51.0 Å². The Kier molecular flexibility index (Phi) is 4.77. The van der Waals surface area contributed by atoms with Gasteiger partial charge in [0.1, 0.15) is 4.99 Å². The highest BCUT2D eigenvalue weighted by Gasteiger charge is 2.19. The van der Waals surface area contributed by atoms with Crippen molar-refractivity contribution in [3.05, 3.63) is 29.8 Å². The first-order valence-electron chi connectivity index (χ1n) is 6.86. The number of rotatable bonds is 4. The smallest absolute Gasteiger partial charge is 0.106 e. The molecule has 2 N–H and O–H groups in total. The van der Waals surface area contributed by atoms with Crippen LogP contribution in [0.2, 0.25) is 0 Å². The van der Waals surface area contributed by atoms with Gasteiger partial charge in [0.25, 0.3) is 0 Å². The minimum absolute atomic E-state index is 0.478. The van der Waals surface area contributed by atoms with Crippen molar-refractivity contribution in [1.82, 2.24) is 4.90 Å². The van der Waals surface area contributed by atoms with E-state index in [2.05, 4.69) is 30.0 Å². The van der Waals surface area contributed by atoms with Gasteiger partial charge in [-0.2, -0.15) is 0 Å². The van der Waals surface area contributed by atoms with Crippen LogP contribution in [0.1, 0.15) is 18.4 Å². The summed E-state index contributed by atoms with van der Waals surface area (Å²) in [6.07, 6.45) is 2.55. The molecule has 1 saturated heterocycles. The van der Waals surface area contributed by atoms with Crippen LogP contribution in [0.3, 0.4) is 0 Å². The average molecular weight is 277 g/mol. The zero-order valence-corrected chi connectivity index (χ0v) is 12.6. The van der Waals surface area contributed by atoms with Gasteiger partial charge in [0, 0.05) is 24.8 Å². The quantitative estimate of drug-likeness (QED) is 0.854. The highest BCUT2D eigenvalue weighted by atomic mass is 32.1. The zero-order chi connectivity index (χ0) is 13.8. The van der Waals surface area contributed by atoms with Crippen LogP contribution in [-0.2, 0) is 0 Å². The molecule has 0 radical (unpaired) electrons. The molecule has 4 heteroatoms. The summed E-state index contributed by atoms with van der Waals surface area (Å²) in [4.78, 5) is 5.18. The molecule has 0 aromatic heterocycles. The fraction of sp³-hybridized carbons (Fsp3) is 0.533. The van der Waals surface area contributed by atoms with E-state index in [9.17, 15) is 0 Å². The van der Waals surface area contributed by atoms with Crippen molar-refractivity contribution in [2.75, 3.05) is 38.6 Å². The SMILES string of the molecule is CN1CCC(CN(C)c2ccccc2C(N)=S)CC1. The lowest BCUT2D eigenvalue weighted by Gasteiger charge is -2.33. The lowest BCUT2D eigenvalue weighted by molar-refractivity contribution is 0.222. The summed E-state index contributed by atoms with van der Waals surface area (Å²) < 4.78 is 0. The number of benzene rings is 1. The van der Waals surface area contributed by atoms with Gasteiger partial charge in [0.15, 0.2) is 0 Å². The lowest BCUT2D eigenvalue weighted by atomic mass is 9.96. The Hall–Kier alpha value is -1.13. The summed E-state index contributed by atoms with van der Waals surface area (Å²) >= 11 is 5.13. The zero-order valence-electron chi connectivity index (χ0n) is 11.8. The van der Waals surface area contributed by atoms with Gasteiger partial charge in [0.05, 0.1) is 0 Å². The number of likely N-dealkylation sites (tertiary alicyclic amines) is 1. The number of hydrogen-bond donors (Lipinski definition) is 1. The van der Waals surface area contributed by atoms with Gasteiger partial charge >= 0.3 is 0 Å². The van der Waals surface area contributed by atoms with Crippen molar-refractivity contribution >= 4 is 22.9 Å². The van der Waals surface area contributed by atoms with Gasteiger partial charge < -0.3 is 15.5 Å². The second-order valence-corrected chi connectivity index (χ2v) is 5.95. The predicted molar refractivity (Wildman–Crippen MR) is 85.8 cm³/mol. The minimum Gasteiger partial charge on any atom is -0.389 e. The molecular weight excluding hydrogens is 254 g/mol. The van der Waals surface area contributed by atoms with Gasteiger partial charge in [-0.15, -0.1) is 0 Å². The molecule has 0 saturated carbocycles. The molecule has 0 bridgehead atoms. The Balaban J connectivity index is 2.03. The Morgan fingerprint density at radius 3 is 2.63 bits per heavy atom. The maximum absolute atomic E-state index is 5.80. The summed E-state index contributed by atoms with van der Waals surface area (Å²) in [7, 11) is 4.33. The maximum Gasteiger partial charge on any atom is 0.106 e. The topological polar surface area (TPSA) is 32.5 Å². The fourth-order valence-electron chi connectivity index (χ4n) is 2.75. The first-order valence-corrected chi connectivity index (χ1v) is 7.27. The van der Waals surface area contributed by atoms with Crippen LogP contribution in [-0.4, -0.2) is 43.6 Å². The molecule has 1 heterocycles. The van der Waals surface area contributed by atoms with Crippen molar-refractivity contribution in [2.45, 2.75) is 12.8 Å². The predicted octanol–water partition coefficient (Wildman–Crippen LogP) is 2.10. The van der Waals surface area contributed by atoms with Crippen LogP contribution in [0.15, 0.2) is 24.3 Å². The molecule has 1 aromatic carbocycles. The summed E-state index contributed by atoms with van der Waals surface area (Å²) in [5.41, 5.74) is 7.93. The van der Waals surface area contributed by atoms with Gasteiger partial charge in [-0.25, -0.2) is 0 Å². The minimum atomic E-state index is 0.478. The molecule has 1 aromatic rings. The van der Waals surface area contributed by atoms with Crippen LogP contribution in [0.4, 0.5) is 5.69 Å². The van der Waals surface area contributed by atoms with E-state index >= 15 is 0 Å². The number of nitrogens with zero attached hydrogens (tertiary/aromatic N) is 2. The van der Waals surface area contributed by atoms with Crippen LogP contribution in [0.5, 0.6) is 0 Å².